The van der Waals surface area contributed by atoms with Crippen LogP contribution in [0.3, 0.4) is 0 Å². The van der Waals surface area contributed by atoms with Gasteiger partial charge < -0.3 is 9.64 Å². The minimum absolute atomic E-state index is 0.173. The fourth-order valence-corrected chi connectivity index (χ4v) is 6.63. The van der Waals surface area contributed by atoms with Gasteiger partial charge in [0.15, 0.2) is 17.5 Å². The summed E-state index contributed by atoms with van der Waals surface area (Å²) >= 11 is 0. The second-order valence-electron chi connectivity index (χ2n) is 11.5. The van der Waals surface area contributed by atoms with Crippen LogP contribution in [0, 0.1) is 0 Å². The molecule has 2 heterocycles. The number of hydrogen-bond acceptors (Lipinski definition) is 2. The van der Waals surface area contributed by atoms with Crippen LogP contribution >= 0.6 is 0 Å². The van der Waals surface area contributed by atoms with E-state index in [4.69, 9.17) is 4.74 Å². The fraction of sp³-hybridized carbons (Fsp3) is 0.0976. The maximum absolute atomic E-state index is 6.57. The summed E-state index contributed by atoms with van der Waals surface area (Å²) in [5, 5.41) is 2.56. The third-order valence-corrected chi connectivity index (χ3v) is 8.74. The molecule has 1 aliphatic carbocycles. The number of rotatable bonds is 7. The highest BCUT2D eigenvalue weighted by Gasteiger charge is 2.35. The fourth-order valence-electron chi connectivity index (χ4n) is 6.63. The number of hydrogen-bond donors (Lipinski definition) is 0. The number of fused-ring (bicyclic) bond motifs is 4. The highest BCUT2D eigenvalue weighted by atomic mass is 16.5. The second kappa shape index (κ2) is 11.3. The molecule has 0 N–H and O–H groups in total. The average Bonchev–Trinajstić information content (AvgIpc) is 3.82. The summed E-state index contributed by atoms with van der Waals surface area (Å²) in [6.07, 6.45) is 15.3. The quantitative estimate of drug-likeness (QED) is 0.182. The van der Waals surface area contributed by atoms with Gasteiger partial charge in [-0.1, -0.05) is 115 Å². The highest BCUT2D eigenvalue weighted by molar-refractivity contribution is 6.06. The third-order valence-electron chi connectivity index (χ3n) is 8.74. The molecule has 5 aromatic rings. The zero-order valence-corrected chi connectivity index (χ0v) is 24.5. The third kappa shape index (κ3) is 4.87. The Bertz CT molecular complexity index is 2000. The molecule has 0 amide bonds. The van der Waals surface area contributed by atoms with Crippen LogP contribution in [0.1, 0.15) is 16.7 Å². The number of anilines is 1. The molecule has 0 atom stereocenters. The zero-order chi connectivity index (χ0) is 29.3. The predicted molar refractivity (Wildman–Crippen MR) is 182 cm³/mol. The second-order valence-corrected chi connectivity index (χ2v) is 11.5. The Morgan fingerprint density at radius 3 is 2.34 bits per heavy atom. The van der Waals surface area contributed by atoms with Gasteiger partial charge in [-0.3, -0.25) is 0 Å². The van der Waals surface area contributed by atoms with Crippen LogP contribution < -0.4 is 9.64 Å². The van der Waals surface area contributed by atoms with E-state index in [1.54, 1.807) is 0 Å². The molecule has 5 aromatic carbocycles. The molecule has 2 aliphatic heterocycles. The Morgan fingerprint density at radius 2 is 1.50 bits per heavy atom. The van der Waals surface area contributed by atoms with E-state index in [9.17, 15) is 0 Å². The maximum Gasteiger partial charge on any atom is 0.217 e. The van der Waals surface area contributed by atoms with Gasteiger partial charge >= 0.3 is 0 Å². The van der Waals surface area contributed by atoms with E-state index in [2.05, 4.69) is 161 Å². The van der Waals surface area contributed by atoms with E-state index in [1.165, 1.54) is 33.3 Å². The first-order valence-electron chi connectivity index (χ1n) is 15.4. The first-order valence-corrected chi connectivity index (χ1v) is 15.4. The number of para-hydroxylation sites is 2. The van der Waals surface area contributed by atoms with Gasteiger partial charge in [-0.05, 0) is 58.9 Å². The molecule has 3 aliphatic rings. The highest BCUT2D eigenvalue weighted by Crippen LogP contribution is 2.41. The molecule has 0 spiro atoms. The molecule has 0 fully saturated rings. The van der Waals surface area contributed by atoms with E-state index < -0.39 is 0 Å². The molecule has 0 saturated carbocycles. The van der Waals surface area contributed by atoms with Crippen molar-refractivity contribution in [3.8, 4) is 5.75 Å². The van der Waals surface area contributed by atoms with Crippen LogP contribution in [-0.2, 0) is 12.8 Å². The molecule has 0 saturated heterocycles. The topological polar surface area (TPSA) is 15.5 Å². The van der Waals surface area contributed by atoms with Gasteiger partial charge in [-0.2, -0.15) is 4.58 Å². The van der Waals surface area contributed by atoms with Crippen molar-refractivity contribution in [1.29, 1.82) is 0 Å². The van der Waals surface area contributed by atoms with E-state index >= 15 is 0 Å². The summed E-state index contributed by atoms with van der Waals surface area (Å²) in [5.74, 6) is 1.75. The lowest BCUT2D eigenvalue weighted by Crippen LogP contribution is -2.23. The van der Waals surface area contributed by atoms with Gasteiger partial charge in [0.1, 0.15) is 0 Å². The van der Waals surface area contributed by atoms with Crippen molar-refractivity contribution in [2.45, 2.75) is 18.9 Å². The van der Waals surface area contributed by atoms with Crippen molar-refractivity contribution in [1.82, 2.24) is 0 Å². The molecule has 8 rings (SSSR count). The van der Waals surface area contributed by atoms with E-state index in [0.717, 1.165) is 47.8 Å². The molecule has 3 nitrogen and oxygen atoms in total. The number of benzene rings is 5. The zero-order valence-electron chi connectivity index (χ0n) is 24.5. The van der Waals surface area contributed by atoms with Crippen molar-refractivity contribution in [2.75, 3.05) is 11.4 Å². The molecule has 0 unspecified atom stereocenters. The van der Waals surface area contributed by atoms with Crippen molar-refractivity contribution in [3.05, 3.63) is 180 Å². The molecule has 3 heteroatoms. The lowest BCUT2D eigenvalue weighted by Gasteiger charge is -2.19. The summed E-state index contributed by atoms with van der Waals surface area (Å²) in [5.41, 5.74) is 8.66. The standard InChI is InChI=1S/C41H33N2O/c1-3-13-30(14-4-1)25-26-42-38-21-11-12-22-39(38)44-40(42)29-34(31-15-5-2-6-16-31)28-36-27-33-24-23-32-17-7-10-20-37(32)41(33)43(36)35-18-8-9-19-35/h1-24,28-29,35H,25-27H2/q+1. The predicted octanol–water partition coefficient (Wildman–Crippen LogP) is 9.04. The van der Waals surface area contributed by atoms with Gasteiger partial charge in [0, 0.05) is 24.3 Å². The molecular formula is C41H33N2O+. The van der Waals surface area contributed by atoms with E-state index in [1.807, 2.05) is 6.07 Å². The lowest BCUT2D eigenvalue weighted by molar-refractivity contribution is -0.452. The Hall–Kier alpha value is -5.41. The van der Waals surface area contributed by atoms with Crippen molar-refractivity contribution in [2.24, 2.45) is 0 Å². The van der Waals surface area contributed by atoms with E-state index in [0.29, 0.717) is 0 Å². The van der Waals surface area contributed by atoms with Gasteiger partial charge in [-0.25, -0.2) is 0 Å². The Labute approximate surface area is 258 Å². The summed E-state index contributed by atoms with van der Waals surface area (Å²) in [4.78, 5) is 2.32. The smallest absolute Gasteiger partial charge is 0.217 e. The maximum atomic E-state index is 6.57. The van der Waals surface area contributed by atoms with Crippen LogP contribution in [0.25, 0.3) is 16.3 Å². The number of allylic oxidation sites excluding steroid dienone is 5. The Kier molecular flexibility index (Phi) is 6.77. The summed E-state index contributed by atoms with van der Waals surface area (Å²) < 4.78 is 9.10. The van der Waals surface area contributed by atoms with Gasteiger partial charge in [-0.15, -0.1) is 0 Å². The molecule has 0 aromatic heterocycles. The molecule has 44 heavy (non-hydrogen) atoms. The van der Waals surface area contributed by atoms with Crippen LogP contribution in [0.15, 0.2) is 164 Å². The van der Waals surface area contributed by atoms with E-state index in [-0.39, 0.29) is 6.04 Å². The summed E-state index contributed by atoms with van der Waals surface area (Å²) in [6.45, 7) is 0.826. The summed E-state index contributed by atoms with van der Waals surface area (Å²) in [7, 11) is 0. The molecular weight excluding hydrogens is 536 g/mol. The Balaban J connectivity index is 1.26. The van der Waals surface area contributed by atoms with Crippen molar-refractivity contribution >= 4 is 33.4 Å². The molecule has 0 bridgehead atoms. The van der Waals surface area contributed by atoms with Crippen molar-refractivity contribution < 1.29 is 9.31 Å². The van der Waals surface area contributed by atoms with Crippen LogP contribution in [0.4, 0.5) is 11.4 Å². The van der Waals surface area contributed by atoms with Crippen LogP contribution in [0.2, 0.25) is 0 Å². The molecule has 0 radical (unpaired) electrons. The monoisotopic (exact) mass is 569 g/mol. The van der Waals surface area contributed by atoms with Crippen LogP contribution in [0.5, 0.6) is 5.75 Å². The average molecular weight is 570 g/mol. The summed E-state index contributed by atoms with van der Waals surface area (Å²) in [6, 6.07) is 43.2. The Morgan fingerprint density at radius 1 is 0.773 bits per heavy atom. The first-order chi connectivity index (χ1) is 21.8. The largest absolute Gasteiger partial charge is 0.439 e. The van der Waals surface area contributed by atoms with Gasteiger partial charge in [0.2, 0.25) is 11.6 Å². The van der Waals surface area contributed by atoms with Crippen LogP contribution in [-0.4, -0.2) is 22.9 Å². The number of nitrogens with zero attached hydrogens (tertiary/aromatic N) is 2. The molecule has 212 valence electrons. The van der Waals surface area contributed by atoms with Gasteiger partial charge in [0.05, 0.1) is 17.5 Å². The SMILES string of the molecule is C1=CC([N+]2=C(/C=C(/C=C3\Oc4ccccc4N3CCc3ccccc3)c3ccccc3)Cc3ccc4ccccc4c32)C=C1. The number of ether oxygens (including phenoxy) is 1. The van der Waals surface area contributed by atoms with Gasteiger partial charge in [0.25, 0.3) is 0 Å². The first kappa shape index (κ1) is 26.2. The normalized spacial score (nSPS) is 16.7. The lowest BCUT2D eigenvalue weighted by atomic mass is 10.0. The van der Waals surface area contributed by atoms with Crippen molar-refractivity contribution in [3.63, 3.8) is 0 Å². The minimum atomic E-state index is 0.173. The minimum Gasteiger partial charge on any atom is -0.439 e.